The fourth-order valence-corrected chi connectivity index (χ4v) is 5.93. The van der Waals surface area contributed by atoms with Gasteiger partial charge in [0.2, 0.25) is 11.8 Å². The molecule has 0 aliphatic rings. The molecule has 240 valence electrons. The van der Waals surface area contributed by atoms with Crippen LogP contribution in [0, 0.1) is 5.92 Å². The first-order valence-electron chi connectivity index (χ1n) is 15.8. The second-order valence-electron chi connectivity index (χ2n) is 11.7. The molecule has 8 heteroatoms. The first kappa shape index (κ1) is 34.1. The number of amides is 2. The predicted octanol–water partition coefficient (Wildman–Crippen LogP) is 5.65. The number of ether oxygens (including phenoxy) is 1. The van der Waals surface area contributed by atoms with Crippen molar-refractivity contribution in [1.82, 2.24) is 10.6 Å². The Kier molecular flexibility index (Phi) is 12.6. The van der Waals surface area contributed by atoms with Crippen molar-refractivity contribution in [2.75, 3.05) is 13.2 Å². The third-order valence-corrected chi connectivity index (χ3v) is 8.23. The molecule has 0 aromatic heterocycles. The molecule has 0 aliphatic heterocycles. The van der Waals surface area contributed by atoms with Crippen LogP contribution in [0.2, 0.25) is 0 Å². The zero-order chi connectivity index (χ0) is 32.9. The van der Waals surface area contributed by atoms with Gasteiger partial charge < -0.3 is 21.1 Å². The molecule has 0 radical (unpaired) electrons. The van der Waals surface area contributed by atoms with Crippen LogP contribution in [0.3, 0.4) is 0 Å². The second-order valence-corrected chi connectivity index (χ2v) is 11.7. The summed E-state index contributed by atoms with van der Waals surface area (Å²) in [5.74, 6) is -1.47. The van der Waals surface area contributed by atoms with E-state index in [2.05, 4.69) is 59.7 Å². The average molecular weight is 622 g/mol. The molecular formula is C38H43N3O5. The lowest BCUT2D eigenvalue weighted by Crippen LogP contribution is -2.45. The third-order valence-electron chi connectivity index (χ3n) is 8.23. The molecule has 8 nitrogen and oxygen atoms in total. The molecule has 3 atom stereocenters. The number of carbonyl (C=O) groups excluding carboxylic acids is 4. The Hall–Kier alpha value is -4.82. The zero-order valence-electron chi connectivity index (χ0n) is 26.4. The Bertz CT molecular complexity index is 1670. The van der Waals surface area contributed by atoms with Crippen LogP contribution >= 0.6 is 0 Å². The van der Waals surface area contributed by atoms with Crippen LogP contribution in [0.15, 0.2) is 91.5 Å². The SMILES string of the molecule is C=CC[C@@H](COC=O)NC(=O)[C@H](CCCCN)CC(=O)[C@H](Cc1ccc(-c2cc3ccccc3c3ccccc23)cc1)NC(C)=O. The number of hydrogen-bond acceptors (Lipinski definition) is 6. The summed E-state index contributed by atoms with van der Waals surface area (Å²) in [4.78, 5) is 49.8. The van der Waals surface area contributed by atoms with Gasteiger partial charge >= 0.3 is 0 Å². The zero-order valence-corrected chi connectivity index (χ0v) is 26.4. The average Bonchev–Trinajstić information content (AvgIpc) is 3.06. The molecule has 0 saturated heterocycles. The van der Waals surface area contributed by atoms with E-state index in [1.54, 1.807) is 6.08 Å². The molecule has 0 fully saturated rings. The molecule has 46 heavy (non-hydrogen) atoms. The topological polar surface area (TPSA) is 128 Å². The van der Waals surface area contributed by atoms with Crippen molar-refractivity contribution >= 4 is 45.6 Å². The fraction of sp³-hybridized carbons (Fsp3) is 0.316. The van der Waals surface area contributed by atoms with Gasteiger partial charge in [0, 0.05) is 19.3 Å². The van der Waals surface area contributed by atoms with Gasteiger partial charge in [0.15, 0.2) is 5.78 Å². The van der Waals surface area contributed by atoms with E-state index in [0.29, 0.717) is 38.7 Å². The molecule has 0 spiro atoms. The summed E-state index contributed by atoms with van der Waals surface area (Å²) < 4.78 is 4.86. The number of carbonyl (C=O) groups is 4. The Morgan fingerprint density at radius 1 is 0.913 bits per heavy atom. The summed E-state index contributed by atoms with van der Waals surface area (Å²) >= 11 is 0. The van der Waals surface area contributed by atoms with E-state index in [-0.39, 0.29) is 30.6 Å². The highest BCUT2D eigenvalue weighted by molar-refractivity contribution is 6.13. The number of benzene rings is 4. The first-order valence-corrected chi connectivity index (χ1v) is 15.8. The van der Waals surface area contributed by atoms with Crippen molar-refractivity contribution in [2.24, 2.45) is 11.7 Å². The maximum atomic E-state index is 13.7. The van der Waals surface area contributed by atoms with Gasteiger partial charge in [-0.25, -0.2) is 0 Å². The van der Waals surface area contributed by atoms with E-state index in [9.17, 15) is 19.2 Å². The largest absolute Gasteiger partial charge is 0.466 e. The molecule has 4 aromatic carbocycles. The maximum absolute atomic E-state index is 13.7. The highest BCUT2D eigenvalue weighted by Gasteiger charge is 2.28. The molecule has 2 amide bonds. The van der Waals surface area contributed by atoms with Crippen molar-refractivity contribution in [3.63, 3.8) is 0 Å². The summed E-state index contributed by atoms with van der Waals surface area (Å²) in [5, 5.41) is 10.4. The minimum absolute atomic E-state index is 0.00420. The Labute approximate surface area is 270 Å². The highest BCUT2D eigenvalue weighted by atomic mass is 16.5. The summed E-state index contributed by atoms with van der Waals surface area (Å²) in [7, 11) is 0. The van der Waals surface area contributed by atoms with E-state index in [0.717, 1.165) is 33.9 Å². The number of fused-ring (bicyclic) bond motifs is 3. The number of nitrogens with one attached hydrogen (secondary N) is 2. The number of hydrogen-bond donors (Lipinski definition) is 3. The summed E-state index contributed by atoms with van der Waals surface area (Å²) in [6.45, 7) is 5.90. The lowest BCUT2D eigenvalue weighted by atomic mass is 9.89. The Balaban J connectivity index is 1.53. The lowest BCUT2D eigenvalue weighted by molar-refractivity contribution is -0.134. The fourth-order valence-electron chi connectivity index (χ4n) is 5.93. The van der Waals surface area contributed by atoms with E-state index >= 15 is 0 Å². The summed E-state index contributed by atoms with van der Waals surface area (Å²) in [6, 6.07) is 25.7. The van der Waals surface area contributed by atoms with Crippen LogP contribution in [-0.2, 0) is 30.3 Å². The van der Waals surface area contributed by atoms with Crippen molar-refractivity contribution in [3.05, 3.63) is 97.1 Å². The standard InChI is InChI=1S/C38H43N3O5/c1-3-10-31(24-46-25-42)41-38(45)30(12-8-9-20-39)23-37(44)36(40-26(2)43)21-27-16-18-28(19-17-27)35-22-29-11-4-5-13-32(29)33-14-6-7-15-34(33)35/h3-7,11,13-19,22,25,30-31,36H,1,8-10,12,20-21,23-24,39H2,2H3,(H,40,43)(H,41,45)/t30-,31+,36+/m1/s1. The van der Waals surface area contributed by atoms with Crippen LogP contribution in [0.1, 0.15) is 44.6 Å². The number of nitrogens with two attached hydrogens (primary N) is 1. The van der Waals surface area contributed by atoms with Gasteiger partial charge in [0.1, 0.15) is 6.61 Å². The van der Waals surface area contributed by atoms with Gasteiger partial charge in [0.05, 0.1) is 12.1 Å². The normalized spacial score (nSPS) is 13.0. The Morgan fingerprint density at radius 3 is 2.28 bits per heavy atom. The quantitative estimate of drug-likeness (QED) is 0.0571. The number of rotatable bonds is 18. The van der Waals surface area contributed by atoms with Crippen LogP contribution in [0.25, 0.3) is 32.7 Å². The number of Topliss-reactive ketones (excluding diaryl/α,β-unsaturated/α-hetero) is 1. The van der Waals surface area contributed by atoms with Crippen molar-refractivity contribution in [3.8, 4) is 11.1 Å². The monoisotopic (exact) mass is 621 g/mol. The first-order chi connectivity index (χ1) is 22.3. The van der Waals surface area contributed by atoms with Gasteiger partial charge in [-0.1, -0.05) is 85.3 Å². The van der Waals surface area contributed by atoms with Crippen LogP contribution in [0.5, 0.6) is 0 Å². The minimum Gasteiger partial charge on any atom is -0.466 e. The van der Waals surface area contributed by atoms with Crippen LogP contribution in [0.4, 0.5) is 0 Å². The molecule has 4 aromatic rings. The lowest BCUT2D eigenvalue weighted by Gasteiger charge is -2.23. The van der Waals surface area contributed by atoms with Gasteiger partial charge in [-0.3, -0.25) is 19.2 Å². The van der Waals surface area contributed by atoms with Crippen LogP contribution < -0.4 is 16.4 Å². The second kappa shape index (κ2) is 17.0. The molecule has 0 bridgehead atoms. The number of ketones is 1. The molecule has 0 saturated carbocycles. The van der Waals surface area contributed by atoms with E-state index in [1.165, 1.54) is 17.7 Å². The third kappa shape index (κ3) is 9.11. The van der Waals surface area contributed by atoms with Gasteiger partial charge in [0.25, 0.3) is 6.47 Å². The van der Waals surface area contributed by atoms with Gasteiger partial charge in [-0.05, 0) is 76.5 Å². The van der Waals surface area contributed by atoms with Gasteiger partial charge in [-0.2, -0.15) is 0 Å². The molecule has 0 aliphatic carbocycles. The molecule has 0 heterocycles. The van der Waals surface area contributed by atoms with E-state index < -0.39 is 18.0 Å². The molecule has 4 N–H and O–H groups in total. The highest BCUT2D eigenvalue weighted by Crippen LogP contribution is 2.35. The predicted molar refractivity (Wildman–Crippen MR) is 183 cm³/mol. The molecule has 4 rings (SSSR count). The summed E-state index contributed by atoms with van der Waals surface area (Å²) in [5.41, 5.74) is 8.74. The van der Waals surface area contributed by atoms with Gasteiger partial charge in [-0.15, -0.1) is 6.58 Å². The van der Waals surface area contributed by atoms with E-state index in [1.807, 2.05) is 36.4 Å². The Morgan fingerprint density at radius 2 is 1.61 bits per heavy atom. The van der Waals surface area contributed by atoms with Crippen molar-refractivity contribution in [2.45, 2.75) is 57.5 Å². The smallest absolute Gasteiger partial charge is 0.293 e. The number of unbranched alkanes of at least 4 members (excludes halogenated alkanes) is 1. The maximum Gasteiger partial charge on any atom is 0.293 e. The molecular weight excluding hydrogens is 578 g/mol. The summed E-state index contributed by atoms with van der Waals surface area (Å²) in [6.07, 6.45) is 4.14. The minimum atomic E-state index is -0.794. The van der Waals surface area contributed by atoms with E-state index in [4.69, 9.17) is 10.5 Å². The van der Waals surface area contributed by atoms with Crippen molar-refractivity contribution < 1.29 is 23.9 Å². The van der Waals surface area contributed by atoms with Crippen molar-refractivity contribution in [1.29, 1.82) is 0 Å². The van der Waals surface area contributed by atoms with Crippen LogP contribution in [-0.4, -0.2) is 49.3 Å². The molecule has 0 unspecified atom stereocenters.